The minimum Gasteiger partial charge on any atom is -0.494 e. The maximum Gasteiger partial charge on any atom is 0.193 e. The second-order valence-corrected chi connectivity index (χ2v) is 4.87. The van der Waals surface area contributed by atoms with E-state index >= 15 is 0 Å². The van der Waals surface area contributed by atoms with Crippen LogP contribution in [0.4, 0.5) is 5.69 Å². The minimum atomic E-state index is -0.0286. The van der Waals surface area contributed by atoms with E-state index in [-0.39, 0.29) is 5.78 Å². The fraction of sp³-hybridized carbons (Fsp3) is 0.235. The SMILES string of the molecule is CCOc1ccc(C(=O)c2ccc(N=NN(C)C)cc2)cc1. The molecule has 5 nitrogen and oxygen atoms in total. The summed E-state index contributed by atoms with van der Waals surface area (Å²) in [5.74, 6) is 0.734. The van der Waals surface area contributed by atoms with Crippen molar-refractivity contribution >= 4 is 11.5 Å². The van der Waals surface area contributed by atoms with Crippen molar-refractivity contribution in [2.75, 3.05) is 20.7 Å². The largest absolute Gasteiger partial charge is 0.494 e. The van der Waals surface area contributed by atoms with E-state index in [1.807, 2.05) is 6.92 Å². The van der Waals surface area contributed by atoms with Crippen molar-refractivity contribution in [3.8, 4) is 5.75 Å². The van der Waals surface area contributed by atoms with Crippen LogP contribution in [0.3, 0.4) is 0 Å². The zero-order valence-electron chi connectivity index (χ0n) is 13.0. The van der Waals surface area contributed by atoms with E-state index in [1.165, 1.54) is 0 Å². The highest BCUT2D eigenvalue weighted by Gasteiger charge is 2.09. The maximum atomic E-state index is 12.4. The number of hydrogen-bond acceptors (Lipinski definition) is 4. The molecule has 0 unspecified atom stereocenters. The molecule has 114 valence electrons. The van der Waals surface area contributed by atoms with E-state index in [0.29, 0.717) is 23.4 Å². The van der Waals surface area contributed by atoms with Crippen LogP contribution < -0.4 is 4.74 Å². The Hall–Kier alpha value is -2.69. The van der Waals surface area contributed by atoms with E-state index in [4.69, 9.17) is 4.74 Å². The molecular weight excluding hydrogens is 278 g/mol. The van der Waals surface area contributed by atoms with Crippen LogP contribution in [0.2, 0.25) is 0 Å². The molecule has 0 N–H and O–H groups in total. The molecule has 5 heteroatoms. The molecule has 0 aliphatic carbocycles. The molecule has 0 aliphatic rings. The Balaban J connectivity index is 2.12. The summed E-state index contributed by atoms with van der Waals surface area (Å²) in [5, 5.41) is 9.56. The molecule has 2 aromatic rings. The summed E-state index contributed by atoms with van der Waals surface area (Å²) in [5.41, 5.74) is 1.95. The molecule has 0 spiro atoms. The molecule has 22 heavy (non-hydrogen) atoms. The lowest BCUT2D eigenvalue weighted by Crippen LogP contribution is -2.01. The number of ketones is 1. The van der Waals surface area contributed by atoms with Gasteiger partial charge in [-0.15, -0.1) is 5.11 Å². The third kappa shape index (κ3) is 4.15. The van der Waals surface area contributed by atoms with Crippen LogP contribution in [-0.4, -0.2) is 31.5 Å². The number of ether oxygens (including phenoxy) is 1. The summed E-state index contributed by atoms with van der Waals surface area (Å²) in [4.78, 5) is 12.4. The van der Waals surface area contributed by atoms with Crippen molar-refractivity contribution in [2.24, 2.45) is 10.3 Å². The van der Waals surface area contributed by atoms with Crippen molar-refractivity contribution in [3.63, 3.8) is 0 Å². The average molecular weight is 297 g/mol. The summed E-state index contributed by atoms with van der Waals surface area (Å²) < 4.78 is 5.37. The van der Waals surface area contributed by atoms with Crippen LogP contribution in [0, 0.1) is 0 Å². The fourth-order valence-corrected chi connectivity index (χ4v) is 1.86. The molecule has 0 saturated carbocycles. The number of rotatable bonds is 6. The molecule has 0 radical (unpaired) electrons. The molecule has 0 heterocycles. The highest BCUT2D eigenvalue weighted by atomic mass is 16.5. The Labute approximate surface area is 130 Å². The number of benzene rings is 2. The Morgan fingerprint density at radius 1 is 1.00 bits per heavy atom. The minimum absolute atomic E-state index is 0.0286. The lowest BCUT2D eigenvalue weighted by Gasteiger charge is -2.05. The van der Waals surface area contributed by atoms with Gasteiger partial charge in [-0.3, -0.25) is 9.80 Å². The molecule has 2 rings (SSSR count). The van der Waals surface area contributed by atoms with Crippen LogP contribution in [0.25, 0.3) is 0 Å². The number of carbonyl (C=O) groups excluding carboxylic acids is 1. The standard InChI is InChI=1S/C17H19N3O2/c1-4-22-16-11-7-14(8-12-16)17(21)13-5-9-15(10-6-13)18-19-20(2)3/h5-12H,4H2,1-3H3. The predicted octanol–water partition coefficient (Wildman–Crippen LogP) is 3.88. The van der Waals surface area contributed by atoms with Gasteiger partial charge in [0, 0.05) is 25.2 Å². The third-order valence-electron chi connectivity index (χ3n) is 2.90. The van der Waals surface area contributed by atoms with Gasteiger partial charge in [-0.2, -0.15) is 0 Å². The van der Waals surface area contributed by atoms with Gasteiger partial charge >= 0.3 is 0 Å². The predicted molar refractivity (Wildman–Crippen MR) is 85.7 cm³/mol. The first-order chi connectivity index (χ1) is 10.6. The van der Waals surface area contributed by atoms with E-state index in [0.717, 1.165) is 5.75 Å². The molecule has 0 aliphatic heterocycles. The van der Waals surface area contributed by atoms with Gasteiger partial charge in [0.05, 0.1) is 12.3 Å². The van der Waals surface area contributed by atoms with Gasteiger partial charge in [0.25, 0.3) is 0 Å². The van der Waals surface area contributed by atoms with Crippen molar-refractivity contribution in [2.45, 2.75) is 6.92 Å². The van der Waals surface area contributed by atoms with Crippen LogP contribution >= 0.6 is 0 Å². The summed E-state index contributed by atoms with van der Waals surface area (Å²) in [6, 6.07) is 14.2. The van der Waals surface area contributed by atoms with Crippen molar-refractivity contribution in [1.82, 2.24) is 5.01 Å². The van der Waals surface area contributed by atoms with Gasteiger partial charge < -0.3 is 4.74 Å². The van der Waals surface area contributed by atoms with Crippen LogP contribution in [0.5, 0.6) is 5.75 Å². The zero-order valence-corrected chi connectivity index (χ0v) is 13.0. The first-order valence-electron chi connectivity index (χ1n) is 7.06. The highest BCUT2D eigenvalue weighted by molar-refractivity contribution is 6.09. The number of hydrogen-bond donors (Lipinski definition) is 0. The van der Waals surface area contributed by atoms with Crippen molar-refractivity contribution < 1.29 is 9.53 Å². The average Bonchev–Trinajstić information content (AvgIpc) is 2.54. The number of carbonyl (C=O) groups is 1. The van der Waals surface area contributed by atoms with Crippen LogP contribution in [0.15, 0.2) is 58.9 Å². The van der Waals surface area contributed by atoms with E-state index in [1.54, 1.807) is 67.6 Å². The van der Waals surface area contributed by atoms with E-state index < -0.39 is 0 Å². The lowest BCUT2D eigenvalue weighted by molar-refractivity contribution is 0.103. The first kappa shape index (κ1) is 15.7. The van der Waals surface area contributed by atoms with Gasteiger partial charge in [-0.05, 0) is 55.5 Å². The summed E-state index contributed by atoms with van der Waals surface area (Å²) >= 11 is 0. The second kappa shape index (κ2) is 7.36. The molecule has 0 bridgehead atoms. The topological polar surface area (TPSA) is 54.3 Å². The quantitative estimate of drug-likeness (QED) is 0.462. The lowest BCUT2D eigenvalue weighted by atomic mass is 10.0. The summed E-state index contributed by atoms with van der Waals surface area (Å²) in [6.07, 6.45) is 0. The number of nitrogens with zero attached hydrogens (tertiary/aromatic N) is 3. The zero-order chi connectivity index (χ0) is 15.9. The van der Waals surface area contributed by atoms with E-state index in [2.05, 4.69) is 10.3 Å². The molecule has 2 aromatic carbocycles. The third-order valence-corrected chi connectivity index (χ3v) is 2.90. The van der Waals surface area contributed by atoms with Gasteiger partial charge in [-0.25, -0.2) is 0 Å². The molecular formula is C17H19N3O2. The van der Waals surface area contributed by atoms with Crippen molar-refractivity contribution in [3.05, 3.63) is 59.7 Å². The normalized spacial score (nSPS) is 10.7. The Bertz CT molecular complexity index is 647. The summed E-state index contributed by atoms with van der Waals surface area (Å²) in [7, 11) is 3.60. The molecule has 0 fully saturated rings. The van der Waals surface area contributed by atoms with Gasteiger partial charge in [-0.1, -0.05) is 5.22 Å². The molecule has 0 amide bonds. The van der Waals surface area contributed by atoms with Crippen LogP contribution in [0.1, 0.15) is 22.8 Å². The van der Waals surface area contributed by atoms with Crippen molar-refractivity contribution in [1.29, 1.82) is 0 Å². The summed E-state index contributed by atoms with van der Waals surface area (Å²) in [6.45, 7) is 2.53. The second-order valence-electron chi connectivity index (χ2n) is 4.87. The Morgan fingerprint density at radius 3 is 2.05 bits per heavy atom. The Kier molecular flexibility index (Phi) is 5.25. The van der Waals surface area contributed by atoms with Gasteiger partial charge in [0.1, 0.15) is 5.75 Å². The smallest absolute Gasteiger partial charge is 0.193 e. The Morgan fingerprint density at radius 2 is 1.55 bits per heavy atom. The first-order valence-corrected chi connectivity index (χ1v) is 7.06. The monoisotopic (exact) mass is 297 g/mol. The molecule has 0 aromatic heterocycles. The van der Waals surface area contributed by atoms with Gasteiger partial charge in [0.2, 0.25) is 0 Å². The van der Waals surface area contributed by atoms with E-state index in [9.17, 15) is 4.79 Å². The maximum absolute atomic E-state index is 12.4. The fourth-order valence-electron chi connectivity index (χ4n) is 1.86. The highest BCUT2D eigenvalue weighted by Crippen LogP contribution is 2.18. The van der Waals surface area contributed by atoms with Crippen LogP contribution in [-0.2, 0) is 0 Å². The van der Waals surface area contributed by atoms with Gasteiger partial charge in [0.15, 0.2) is 5.78 Å². The molecule has 0 saturated heterocycles. The molecule has 0 atom stereocenters.